The third kappa shape index (κ3) is 24.5. The maximum absolute atomic E-state index is 11.9. The molecular formula is C29H48O13. The Morgan fingerprint density at radius 3 is 1.02 bits per heavy atom. The van der Waals surface area contributed by atoms with Gasteiger partial charge in [0.1, 0.15) is 6.61 Å². The highest BCUT2D eigenvalue weighted by Crippen LogP contribution is 2.01. The normalized spacial score (nSPS) is 11.2. The summed E-state index contributed by atoms with van der Waals surface area (Å²) in [5, 5.41) is 0. The lowest BCUT2D eigenvalue weighted by atomic mass is 10.1. The number of carbonyl (C=O) groups excluding carboxylic acids is 2. The number of ether oxygens (including phenoxy) is 11. The van der Waals surface area contributed by atoms with Crippen LogP contribution in [0.4, 0.5) is 0 Å². The molecule has 0 fully saturated rings. The smallest absolute Gasteiger partial charge is 0.379 e. The van der Waals surface area contributed by atoms with E-state index in [9.17, 15) is 9.59 Å². The predicted octanol–water partition coefficient (Wildman–Crippen LogP) is 1.21. The Morgan fingerprint density at radius 2 is 0.714 bits per heavy atom. The Labute approximate surface area is 248 Å². The summed E-state index contributed by atoms with van der Waals surface area (Å²) in [6.07, 6.45) is 0. The fourth-order valence-corrected chi connectivity index (χ4v) is 2.97. The average Bonchev–Trinajstić information content (AvgIpc) is 3.02. The Balaban J connectivity index is 1.68. The van der Waals surface area contributed by atoms with E-state index in [0.717, 1.165) is 0 Å². The lowest BCUT2D eigenvalue weighted by Gasteiger charge is -2.09. The van der Waals surface area contributed by atoms with Crippen molar-refractivity contribution in [2.75, 3.05) is 139 Å². The zero-order valence-corrected chi connectivity index (χ0v) is 24.8. The van der Waals surface area contributed by atoms with Crippen LogP contribution >= 0.6 is 0 Å². The van der Waals surface area contributed by atoms with Crippen molar-refractivity contribution in [2.45, 2.75) is 0 Å². The molecule has 0 N–H and O–H groups in total. The topological polar surface area (TPSA) is 136 Å². The summed E-state index contributed by atoms with van der Waals surface area (Å²) < 4.78 is 58.4. The first kappa shape index (κ1) is 38.0. The molecule has 1 aromatic rings. The second-order valence-corrected chi connectivity index (χ2v) is 8.34. The van der Waals surface area contributed by atoms with Crippen LogP contribution in [0, 0.1) is 0 Å². The summed E-state index contributed by atoms with van der Waals surface area (Å²) in [5.74, 6) is -1.57. The van der Waals surface area contributed by atoms with Crippen LogP contribution in [0.2, 0.25) is 0 Å². The van der Waals surface area contributed by atoms with E-state index < -0.39 is 11.8 Å². The number of carbonyl (C=O) groups is 2. The van der Waals surface area contributed by atoms with Crippen LogP contribution in [-0.4, -0.2) is 151 Å². The molecule has 0 atom stereocenters. The molecule has 0 aromatic heterocycles. The third-order valence-corrected chi connectivity index (χ3v) is 5.09. The molecule has 1 rings (SSSR count). The number of esters is 1. The van der Waals surface area contributed by atoms with Gasteiger partial charge in [-0.05, 0) is 0 Å². The third-order valence-electron chi connectivity index (χ3n) is 5.09. The fourth-order valence-electron chi connectivity index (χ4n) is 2.97. The van der Waals surface area contributed by atoms with E-state index in [1.54, 1.807) is 37.4 Å². The van der Waals surface area contributed by atoms with E-state index in [-0.39, 0.29) is 13.2 Å². The second kappa shape index (κ2) is 30.4. The molecule has 0 unspecified atom stereocenters. The number of ketones is 1. The number of hydrogen-bond acceptors (Lipinski definition) is 13. The Bertz CT molecular complexity index is 735. The standard InChI is InChI=1S/C29H48O13/c1-32-7-8-33-9-10-34-11-12-35-13-14-36-15-16-37-17-18-38-19-20-39-21-22-40-23-24-41-25-26-42-29(31)28(30)27-5-3-2-4-6-27/h2-6H,7-26H2,1H3. The molecule has 0 spiro atoms. The van der Waals surface area contributed by atoms with Crippen molar-refractivity contribution in [3.63, 3.8) is 0 Å². The van der Waals surface area contributed by atoms with E-state index in [2.05, 4.69) is 0 Å². The minimum absolute atomic E-state index is 0.000263. The molecule has 0 aliphatic rings. The van der Waals surface area contributed by atoms with Crippen LogP contribution in [0.1, 0.15) is 10.4 Å². The van der Waals surface area contributed by atoms with Gasteiger partial charge in [0, 0.05) is 12.7 Å². The van der Waals surface area contributed by atoms with E-state index in [1.165, 1.54) is 0 Å². The van der Waals surface area contributed by atoms with Crippen molar-refractivity contribution in [1.82, 2.24) is 0 Å². The maximum Gasteiger partial charge on any atom is 0.379 e. The molecule has 0 aliphatic heterocycles. The highest BCUT2D eigenvalue weighted by molar-refractivity contribution is 6.40. The van der Waals surface area contributed by atoms with Gasteiger partial charge in [-0.3, -0.25) is 4.79 Å². The van der Waals surface area contributed by atoms with Gasteiger partial charge in [0.05, 0.1) is 126 Å². The van der Waals surface area contributed by atoms with Crippen molar-refractivity contribution >= 4 is 11.8 Å². The van der Waals surface area contributed by atoms with Gasteiger partial charge in [-0.1, -0.05) is 30.3 Å². The van der Waals surface area contributed by atoms with Crippen molar-refractivity contribution in [3.8, 4) is 0 Å². The Morgan fingerprint density at radius 1 is 0.429 bits per heavy atom. The van der Waals surface area contributed by atoms with Gasteiger partial charge in [-0.15, -0.1) is 0 Å². The average molecular weight is 605 g/mol. The lowest BCUT2D eigenvalue weighted by molar-refractivity contribution is -0.139. The van der Waals surface area contributed by atoms with Gasteiger partial charge in [0.15, 0.2) is 0 Å². The van der Waals surface area contributed by atoms with Gasteiger partial charge < -0.3 is 52.1 Å². The molecule has 0 amide bonds. The highest BCUT2D eigenvalue weighted by atomic mass is 16.6. The molecule has 1 aromatic carbocycles. The summed E-state index contributed by atoms with van der Waals surface area (Å²) in [4.78, 5) is 23.6. The number of benzene rings is 1. The largest absolute Gasteiger partial charge is 0.457 e. The number of Topliss-reactive ketones (excluding diaryl/α,β-unsaturated/α-hetero) is 1. The van der Waals surface area contributed by atoms with Gasteiger partial charge in [-0.2, -0.15) is 0 Å². The zero-order valence-electron chi connectivity index (χ0n) is 24.8. The van der Waals surface area contributed by atoms with E-state index in [4.69, 9.17) is 52.1 Å². The molecule has 0 saturated carbocycles. The van der Waals surface area contributed by atoms with Gasteiger partial charge in [0.25, 0.3) is 5.78 Å². The zero-order chi connectivity index (χ0) is 30.2. The van der Waals surface area contributed by atoms with E-state index >= 15 is 0 Å². The monoisotopic (exact) mass is 604 g/mol. The highest BCUT2D eigenvalue weighted by Gasteiger charge is 2.17. The summed E-state index contributed by atoms with van der Waals surface area (Å²) >= 11 is 0. The van der Waals surface area contributed by atoms with Crippen molar-refractivity contribution < 1.29 is 61.7 Å². The van der Waals surface area contributed by atoms with Crippen LogP contribution in [0.15, 0.2) is 30.3 Å². The van der Waals surface area contributed by atoms with E-state index in [0.29, 0.717) is 124 Å². The maximum atomic E-state index is 11.9. The van der Waals surface area contributed by atoms with E-state index in [1.807, 2.05) is 0 Å². The molecule has 242 valence electrons. The minimum Gasteiger partial charge on any atom is -0.457 e. The Hall–Kier alpha value is -2.04. The molecule has 42 heavy (non-hydrogen) atoms. The molecule has 13 heteroatoms. The van der Waals surface area contributed by atoms with Gasteiger partial charge in [0.2, 0.25) is 0 Å². The fraction of sp³-hybridized carbons (Fsp3) is 0.724. The van der Waals surface area contributed by atoms with Crippen molar-refractivity contribution in [3.05, 3.63) is 35.9 Å². The molecule has 0 heterocycles. The Kier molecular flexibility index (Phi) is 27.5. The summed E-state index contributed by atoms with van der Waals surface area (Å²) in [6, 6.07) is 8.26. The van der Waals surface area contributed by atoms with Crippen LogP contribution in [0.25, 0.3) is 0 Å². The second-order valence-electron chi connectivity index (χ2n) is 8.34. The first-order valence-electron chi connectivity index (χ1n) is 14.2. The molecule has 0 bridgehead atoms. The van der Waals surface area contributed by atoms with Crippen LogP contribution in [-0.2, 0) is 56.9 Å². The van der Waals surface area contributed by atoms with Gasteiger partial charge >= 0.3 is 5.97 Å². The number of hydrogen-bond donors (Lipinski definition) is 0. The first-order chi connectivity index (χ1) is 20.8. The summed E-state index contributed by atoms with van der Waals surface area (Å²) in [7, 11) is 1.64. The quantitative estimate of drug-likeness (QED) is 0.0505. The summed E-state index contributed by atoms with van der Waals surface area (Å²) in [5.41, 5.74) is 0.297. The SMILES string of the molecule is COCCOCCOCCOCCOCCOCCOCCOCCOCCOCCOC(=O)C(=O)c1ccccc1. The van der Waals surface area contributed by atoms with Crippen LogP contribution in [0.5, 0.6) is 0 Å². The molecule has 0 radical (unpaired) electrons. The molecule has 0 aliphatic carbocycles. The number of methoxy groups -OCH3 is 1. The molecular weight excluding hydrogens is 556 g/mol. The van der Waals surface area contributed by atoms with Crippen LogP contribution in [0.3, 0.4) is 0 Å². The first-order valence-corrected chi connectivity index (χ1v) is 14.2. The predicted molar refractivity (Wildman–Crippen MR) is 151 cm³/mol. The minimum atomic E-state index is -0.896. The van der Waals surface area contributed by atoms with Crippen molar-refractivity contribution in [1.29, 1.82) is 0 Å². The van der Waals surface area contributed by atoms with Gasteiger partial charge in [-0.25, -0.2) is 4.79 Å². The van der Waals surface area contributed by atoms with Crippen molar-refractivity contribution in [2.24, 2.45) is 0 Å². The lowest BCUT2D eigenvalue weighted by Crippen LogP contribution is -2.20. The molecule has 13 nitrogen and oxygen atoms in total. The molecule has 0 saturated heterocycles. The summed E-state index contributed by atoms with van der Waals surface area (Å²) in [6.45, 7) is 8.96. The number of rotatable bonds is 32. The van der Waals surface area contributed by atoms with Crippen LogP contribution < -0.4 is 0 Å².